The molecule has 0 heterocycles. The van der Waals surface area contributed by atoms with E-state index in [0.717, 1.165) is 0 Å². The number of nitro groups is 1. The zero-order chi connectivity index (χ0) is 15.4. The van der Waals surface area contributed by atoms with Crippen molar-refractivity contribution in [3.05, 3.63) is 52.1 Å². The molecule has 0 radical (unpaired) electrons. The summed E-state index contributed by atoms with van der Waals surface area (Å²) in [5.41, 5.74) is 0.255. The summed E-state index contributed by atoms with van der Waals surface area (Å²) >= 11 is 0. The summed E-state index contributed by atoms with van der Waals surface area (Å²) in [6.45, 7) is 1.20. The van der Waals surface area contributed by atoms with Crippen LogP contribution in [-0.4, -0.2) is 42.9 Å². The molecule has 0 spiro atoms. The van der Waals surface area contributed by atoms with Gasteiger partial charge in [0.1, 0.15) is 0 Å². The first-order valence-corrected chi connectivity index (χ1v) is 6.59. The van der Waals surface area contributed by atoms with Crippen LogP contribution in [0, 0.1) is 10.1 Å². The third-order valence-electron chi connectivity index (χ3n) is 3.15. The fraction of sp³-hybridized carbons (Fsp3) is 0.267. The molecule has 1 N–H and O–H groups in total. The Morgan fingerprint density at radius 2 is 2.00 bits per heavy atom. The fourth-order valence-electron chi connectivity index (χ4n) is 2.08. The Bertz CT molecular complexity index is 683. The molecule has 2 rings (SSSR count). The van der Waals surface area contributed by atoms with Gasteiger partial charge < -0.3 is 10.2 Å². The summed E-state index contributed by atoms with van der Waals surface area (Å²) in [5, 5.41) is 15.2. The summed E-state index contributed by atoms with van der Waals surface area (Å²) in [4.78, 5) is 24.7. The van der Waals surface area contributed by atoms with Gasteiger partial charge in [-0.25, -0.2) is 0 Å². The number of fused-ring (bicyclic) bond motifs is 1. The maximum absolute atomic E-state index is 12.3. The average molecular weight is 287 g/mol. The number of non-ortho nitro benzene ring substituents is 1. The van der Waals surface area contributed by atoms with Crippen LogP contribution in [0.25, 0.3) is 10.8 Å². The number of carbonyl (C=O) groups is 1. The van der Waals surface area contributed by atoms with Crippen molar-refractivity contribution in [3.8, 4) is 0 Å². The van der Waals surface area contributed by atoms with Gasteiger partial charge in [-0.15, -0.1) is 0 Å². The number of rotatable bonds is 5. The van der Waals surface area contributed by atoms with Crippen molar-refractivity contribution in [2.45, 2.75) is 0 Å². The molecule has 0 atom stereocenters. The summed E-state index contributed by atoms with van der Waals surface area (Å²) in [6, 6.07) is 9.96. The van der Waals surface area contributed by atoms with Crippen molar-refractivity contribution in [2.75, 3.05) is 27.2 Å². The second kappa shape index (κ2) is 6.32. The van der Waals surface area contributed by atoms with Gasteiger partial charge in [0.25, 0.3) is 11.6 Å². The topological polar surface area (TPSA) is 75.5 Å². The maximum atomic E-state index is 12.3. The van der Waals surface area contributed by atoms with Gasteiger partial charge in [-0.05, 0) is 24.9 Å². The number of amides is 1. The Labute approximate surface area is 122 Å². The van der Waals surface area contributed by atoms with Crippen LogP contribution >= 0.6 is 0 Å². The van der Waals surface area contributed by atoms with Crippen molar-refractivity contribution in [1.82, 2.24) is 10.2 Å². The molecule has 0 unspecified atom stereocenters. The first-order valence-electron chi connectivity index (χ1n) is 6.59. The molecule has 2 aromatic carbocycles. The second-order valence-electron chi connectivity index (χ2n) is 5.03. The predicted octanol–water partition coefficient (Wildman–Crippen LogP) is 2.04. The van der Waals surface area contributed by atoms with Crippen LogP contribution < -0.4 is 5.32 Å². The Hall–Kier alpha value is -2.47. The Morgan fingerprint density at radius 3 is 2.67 bits per heavy atom. The minimum Gasteiger partial charge on any atom is -0.351 e. The smallest absolute Gasteiger partial charge is 0.270 e. The number of nitro benzene ring substituents is 1. The molecular weight excluding hydrogens is 270 g/mol. The van der Waals surface area contributed by atoms with Crippen LogP contribution in [0.3, 0.4) is 0 Å². The molecule has 21 heavy (non-hydrogen) atoms. The SMILES string of the molecule is CN(C)CCNC(=O)c1cc([N+](=O)[O-])cc2ccccc12. The molecule has 0 aliphatic heterocycles. The third kappa shape index (κ3) is 3.55. The molecule has 0 fully saturated rings. The second-order valence-corrected chi connectivity index (χ2v) is 5.03. The van der Waals surface area contributed by atoms with E-state index in [1.165, 1.54) is 12.1 Å². The highest BCUT2D eigenvalue weighted by atomic mass is 16.6. The van der Waals surface area contributed by atoms with Gasteiger partial charge in [0, 0.05) is 25.2 Å². The van der Waals surface area contributed by atoms with Gasteiger partial charge in [0.05, 0.1) is 10.5 Å². The summed E-state index contributed by atoms with van der Waals surface area (Å²) < 4.78 is 0. The zero-order valence-corrected chi connectivity index (χ0v) is 12.0. The molecule has 0 aromatic heterocycles. The summed E-state index contributed by atoms with van der Waals surface area (Å²) in [5.74, 6) is -0.295. The monoisotopic (exact) mass is 287 g/mol. The Balaban J connectivity index is 2.36. The van der Waals surface area contributed by atoms with Crippen LogP contribution in [0.5, 0.6) is 0 Å². The van der Waals surface area contributed by atoms with Crippen LogP contribution in [0.4, 0.5) is 5.69 Å². The van der Waals surface area contributed by atoms with Crippen LogP contribution in [0.1, 0.15) is 10.4 Å². The standard InChI is InChI=1S/C15H17N3O3/c1-17(2)8-7-16-15(19)14-10-12(18(20)21)9-11-5-3-4-6-13(11)14/h3-6,9-10H,7-8H2,1-2H3,(H,16,19). The largest absolute Gasteiger partial charge is 0.351 e. The highest BCUT2D eigenvalue weighted by Gasteiger charge is 2.16. The Morgan fingerprint density at radius 1 is 1.29 bits per heavy atom. The summed E-state index contributed by atoms with van der Waals surface area (Å²) in [6.07, 6.45) is 0. The number of nitrogens with zero attached hydrogens (tertiary/aromatic N) is 2. The first-order chi connectivity index (χ1) is 9.99. The zero-order valence-electron chi connectivity index (χ0n) is 12.0. The van der Waals surface area contributed by atoms with Gasteiger partial charge in [-0.2, -0.15) is 0 Å². The quantitative estimate of drug-likeness (QED) is 0.674. The van der Waals surface area contributed by atoms with Crippen LogP contribution in [-0.2, 0) is 0 Å². The minimum absolute atomic E-state index is 0.0774. The van der Waals surface area contributed by atoms with Crippen molar-refractivity contribution in [3.63, 3.8) is 0 Å². The van der Waals surface area contributed by atoms with E-state index in [9.17, 15) is 14.9 Å². The number of hydrogen-bond acceptors (Lipinski definition) is 4. The molecule has 2 aromatic rings. The van der Waals surface area contributed by atoms with Crippen molar-refractivity contribution in [1.29, 1.82) is 0 Å². The summed E-state index contributed by atoms with van der Waals surface area (Å²) in [7, 11) is 3.82. The number of nitrogens with one attached hydrogen (secondary N) is 1. The van der Waals surface area contributed by atoms with E-state index in [1.54, 1.807) is 18.2 Å². The van der Waals surface area contributed by atoms with Crippen molar-refractivity contribution in [2.24, 2.45) is 0 Å². The van der Waals surface area contributed by atoms with E-state index in [4.69, 9.17) is 0 Å². The number of benzene rings is 2. The lowest BCUT2D eigenvalue weighted by Crippen LogP contribution is -2.31. The van der Waals surface area contributed by atoms with E-state index in [0.29, 0.717) is 29.4 Å². The van der Waals surface area contributed by atoms with Crippen molar-refractivity contribution < 1.29 is 9.72 Å². The van der Waals surface area contributed by atoms with Gasteiger partial charge in [-0.1, -0.05) is 24.3 Å². The molecule has 1 amide bonds. The third-order valence-corrected chi connectivity index (χ3v) is 3.15. The van der Waals surface area contributed by atoms with Gasteiger partial charge in [0.2, 0.25) is 0 Å². The highest BCUT2D eigenvalue weighted by molar-refractivity contribution is 6.08. The molecule has 0 bridgehead atoms. The molecule has 0 saturated heterocycles. The van der Waals surface area contributed by atoms with Gasteiger partial charge >= 0.3 is 0 Å². The predicted molar refractivity (Wildman–Crippen MR) is 81.5 cm³/mol. The van der Waals surface area contributed by atoms with Crippen LogP contribution in [0.2, 0.25) is 0 Å². The first kappa shape index (κ1) is 14.9. The normalized spacial score (nSPS) is 10.8. The lowest BCUT2D eigenvalue weighted by Gasteiger charge is -2.11. The highest BCUT2D eigenvalue weighted by Crippen LogP contribution is 2.25. The van der Waals surface area contributed by atoms with E-state index in [2.05, 4.69) is 5.32 Å². The maximum Gasteiger partial charge on any atom is 0.270 e. The molecule has 110 valence electrons. The van der Waals surface area contributed by atoms with E-state index >= 15 is 0 Å². The molecule has 6 heteroatoms. The minimum atomic E-state index is -0.483. The Kier molecular flexibility index (Phi) is 4.49. The van der Waals surface area contributed by atoms with Gasteiger partial charge in [0.15, 0.2) is 0 Å². The molecule has 0 aliphatic rings. The van der Waals surface area contributed by atoms with E-state index in [-0.39, 0.29) is 11.6 Å². The number of likely N-dealkylation sites (N-methyl/N-ethyl adjacent to an activating group) is 1. The fourth-order valence-corrected chi connectivity index (χ4v) is 2.08. The van der Waals surface area contributed by atoms with E-state index in [1.807, 2.05) is 25.1 Å². The number of hydrogen-bond donors (Lipinski definition) is 1. The molecule has 0 saturated carbocycles. The van der Waals surface area contributed by atoms with Crippen LogP contribution in [0.15, 0.2) is 36.4 Å². The lowest BCUT2D eigenvalue weighted by atomic mass is 10.0. The average Bonchev–Trinajstić information content (AvgIpc) is 2.45. The molecular formula is C15H17N3O3. The molecule has 6 nitrogen and oxygen atoms in total. The van der Waals surface area contributed by atoms with Crippen molar-refractivity contribution >= 4 is 22.4 Å². The number of carbonyl (C=O) groups excluding carboxylic acids is 1. The van der Waals surface area contributed by atoms with Gasteiger partial charge in [-0.3, -0.25) is 14.9 Å². The lowest BCUT2D eigenvalue weighted by molar-refractivity contribution is -0.384. The molecule has 0 aliphatic carbocycles. The van der Waals surface area contributed by atoms with E-state index < -0.39 is 4.92 Å².